The largest absolute Gasteiger partial charge is 0.504 e. The van der Waals surface area contributed by atoms with Crippen molar-refractivity contribution in [3.8, 4) is 11.5 Å². The third kappa shape index (κ3) is 1.86. The number of carbonyl (C=O) groups is 1. The lowest BCUT2D eigenvalue weighted by Crippen LogP contribution is -1.91. The fourth-order valence-electron chi connectivity index (χ4n) is 1.80. The molecule has 0 aliphatic heterocycles. The van der Waals surface area contributed by atoms with E-state index in [1.54, 1.807) is 12.1 Å². The van der Waals surface area contributed by atoms with E-state index in [9.17, 15) is 15.0 Å². The molecule has 2 aromatic rings. The number of Topliss-reactive ketones (excluding diaryl/α,β-unsaturated/α-hetero) is 1. The van der Waals surface area contributed by atoms with E-state index in [-0.39, 0.29) is 34.2 Å². The van der Waals surface area contributed by atoms with Crippen molar-refractivity contribution < 1.29 is 19.4 Å². The van der Waals surface area contributed by atoms with Crippen molar-refractivity contribution in [1.29, 1.82) is 0 Å². The monoisotopic (exact) mass is 246 g/mol. The molecule has 0 amide bonds. The number of benzene rings is 1. The highest BCUT2D eigenvalue weighted by atomic mass is 16.4. The Morgan fingerprint density at radius 2 is 1.83 bits per heavy atom. The van der Waals surface area contributed by atoms with E-state index in [1.807, 2.05) is 13.8 Å². The maximum atomic E-state index is 11.3. The molecule has 0 radical (unpaired) electrons. The highest BCUT2D eigenvalue weighted by molar-refractivity contribution is 6.03. The Bertz CT molecular complexity index is 658. The number of rotatable bonds is 2. The minimum Gasteiger partial charge on any atom is -0.504 e. The molecule has 1 aromatic carbocycles. The molecule has 4 heteroatoms. The summed E-state index contributed by atoms with van der Waals surface area (Å²) in [6.07, 6.45) is 1.67. The number of aromatic hydroxyl groups is 2. The fraction of sp³-hybridized carbons (Fsp3) is 0.214. The number of carbonyl (C=O) groups excluding carboxylic acids is 1. The fourth-order valence-corrected chi connectivity index (χ4v) is 1.80. The molecule has 2 rings (SSSR count). The topological polar surface area (TPSA) is 70.7 Å². The van der Waals surface area contributed by atoms with Crippen LogP contribution < -0.4 is 0 Å². The van der Waals surface area contributed by atoms with Gasteiger partial charge in [-0.2, -0.15) is 0 Å². The third-order valence-electron chi connectivity index (χ3n) is 2.63. The number of phenols is 1. The first-order valence-corrected chi connectivity index (χ1v) is 5.55. The van der Waals surface area contributed by atoms with Gasteiger partial charge in [-0.05, 0) is 39.0 Å². The second-order valence-corrected chi connectivity index (χ2v) is 4.43. The average molecular weight is 246 g/mol. The van der Waals surface area contributed by atoms with Crippen LogP contribution in [0.2, 0.25) is 0 Å². The lowest BCUT2D eigenvalue weighted by Gasteiger charge is -1.99. The van der Waals surface area contributed by atoms with Crippen LogP contribution in [0.4, 0.5) is 0 Å². The van der Waals surface area contributed by atoms with Gasteiger partial charge in [0.1, 0.15) is 0 Å². The van der Waals surface area contributed by atoms with Crippen LogP contribution in [0.25, 0.3) is 17.0 Å². The van der Waals surface area contributed by atoms with E-state index in [0.717, 1.165) is 5.57 Å². The maximum absolute atomic E-state index is 11.3. The predicted molar refractivity (Wildman–Crippen MR) is 68.9 cm³/mol. The van der Waals surface area contributed by atoms with Gasteiger partial charge in [0.05, 0.1) is 10.9 Å². The van der Waals surface area contributed by atoms with Crippen molar-refractivity contribution >= 4 is 22.8 Å². The Balaban J connectivity index is 2.77. The zero-order valence-corrected chi connectivity index (χ0v) is 10.4. The maximum Gasteiger partial charge on any atom is 0.181 e. The zero-order chi connectivity index (χ0) is 13.4. The molecule has 0 spiro atoms. The van der Waals surface area contributed by atoms with Crippen molar-refractivity contribution in [2.75, 3.05) is 0 Å². The summed E-state index contributed by atoms with van der Waals surface area (Å²) in [5, 5.41) is 20.3. The number of hydrogen-bond donors (Lipinski definition) is 2. The molecule has 0 fully saturated rings. The number of furan rings is 1. The molecular formula is C14H14O4. The third-order valence-corrected chi connectivity index (χ3v) is 2.63. The van der Waals surface area contributed by atoms with Gasteiger partial charge in [-0.25, -0.2) is 0 Å². The van der Waals surface area contributed by atoms with E-state index in [1.165, 1.54) is 13.0 Å². The lowest BCUT2D eigenvalue weighted by molar-refractivity contribution is 0.101. The summed E-state index contributed by atoms with van der Waals surface area (Å²) in [5.74, 6) is -0.240. The first kappa shape index (κ1) is 12.2. The van der Waals surface area contributed by atoms with Crippen molar-refractivity contribution in [2.45, 2.75) is 20.8 Å². The van der Waals surface area contributed by atoms with Crippen LogP contribution in [-0.4, -0.2) is 16.0 Å². The van der Waals surface area contributed by atoms with E-state index in [0.29, 0.717) is 5.39 Å². The number of fused-ring (bicyclic) bond motifs is 1. The minimum atomic E-state index is -0.256. The standard InChI is InChI=1S/C14H14O4/c1-7(2)6-11-12(16)10-5-4-9(8(3)15)13(17)14(10)18-11/h4-6,16-17H,1-3H3. The molecule has 1 aromatic heterocycles. The smallest absolute Gasteiger partial charge is 0.181 e. The normalized spacial score (nSPS) is 10.6. The van der Waals surface area contributed by atoms with Crippen molar-refractivity contribution in [3.05, 3.63) is 29.0 Å². The van der Waals surface area contributed by atoms with Crippen LogP contribution in [0, 0.1) is 0 Å². The van der Waals surface area contributed by atoms with Gasteiger partial charge < -0.3 is 14.6 Å². The molecule has 0 unspecified atom stereocenters. The summed E-state index contributed by atoms with van der Waals surface area (Å²) < 4.78 is 5.40. The van der Waals surface area contributed by atoms with Crippen molar-refractivity contribution in [3.63, 3.8) is 0 Å². The zero-order valence-electron chi connectivity index (χ0n) is 10.4. The molecule has 94 valence electrons. The summed E-state index contributed by atoms with van der Waals surface area (Å²) in [6, 6.07) is 3.04. The quantitative estimate of drug-likeness (QED) is 0.796. The minimum absolute atomic E-state index is 0.0309. The van der Waals surface area contributed by atoms with E-state index >= 15 is 0 Å². The number of allylic oxidation sites excluding steroid dienone is 1. The van der Waals surface area contributed by atoms with Crippen LogP contribution in [0.3, 0.4) is 0 Å². The molecule has 4 nitrogen and oxygen atoms in total. The summed E-state index contributed by atoms with van der Waals surface area (Å²) in [4.78, 5) is 11.3. The van der Waals surface area contributed by atoms with Gasteiger partial charge in [-0.1, -0.05) is 5.57 Å². The van der Waals surface area contributed by atoms with Crippen molar-refractivity contribution in [1.82, 2.24) is 0 Å². The SMILES string of the molecule is CC(=O)c1ccc2c(O)c(C=C(C)C)oc2c1O. The second kappa shape index (κ2) is 4.22. The van der Waals surface area contributed by atoms with Gasteiger partial charge in [0.25, 0.3) is 0 Å². The predicted octanol–water partition coefficient (Wildman–Crippen LogP) is 3.47. The van der Waals surface area contributed by atoms with E-state index < -0.39 is 0 Å². The number of phenolic OH excluding ortho intramolecular Hbond substituents is 1. The average Bonchev–Trinajstić information content (AvgIpc) is 2.57. The summed E-state index contributed by atoms with van der Waals surface area (Å²) >= 11 is 0. The first-order chi connectivity index (χ1) is 8.41. The Morgan fingerprint density at radius 3 is 2.39 bits per heavy atom. The summed E-state index contributed by atoms with van der Waals surface area (Å²) in [7, 11) is 0. The van der Waals surface area contributed by atoms with E-state index in [2.05, 4.69) is 0 Å². The van der Waals surface area contributed by atoms with Gasteiger partial charge in [0.2, 0.25) is 0 Å². The highest BCUT2D eigenvalue weighted by Gasteiger charge is 2.18. The van der Waals surface area contributed by atoms with Gasteiger partial charge in [0.15, 0.2) is 28.6 Å². The molecule has 0 atom stereocenters. The number of ketones is 1. The van der Waals surface area contributed by atoms with Gasteiger partial charge in [-0.15, -0.1) is 0 Å². The Hall–Kier alpha value is -2.23. The molecular weight excluding hydrogens is 232 g/mol. The van der Waals surface area contributed by atoms with Crippen LogP contribution in [0.1, 0.15) is 36.9 Å². The molecule has 0 aliphatic rings. The first-order valence-electron chi connectivity index (χ1n) is 5.55. The second-order valence-electron chi connectivity index (χ2n) is 4.43. The molecule has 0 saturated carbocycles. The number of hydrogen-bond acceptors (Lipinski definition) is 4. The Labute approximate surface area is 104 Å². The van der Waals surface area contributed by atoms with Crippen LogP contribution in [0.15, 0.2) is 22.1 Å². The summed E-state index contributed by atoms with van der Waals surface area (Å²) in [6.45, 7) is 5.10. The summed E-state index contributed by atoms with van der Waals surface area (Å²) in [5.41, 5.74) is 1.27. The van der Waals surface area contributed by atoms with Crippen LogP contribution in [-0.2, 0) is 0 Å². The molecule has 1 heterocycles. The molecule has 18 heavy (non-hydrogen) atoms. The molecule has 0 bridgehead atoms. The van der Waals surface area contributed by atoms with Crippen LogP contribution >= 0.6 is 0 Å². The Kier molecular flexibility index (Phi) is 2.87. The van der Waals surface area contributed by atoms with Gasteiger partial charge in [0, 0.05) is 0 Å². The van der Waals surface area contributed by atoms with Gasteiger partial charge >= 0.3 is 0 Å². The molecule has 0 saturated heterocycles. The molecule has 0 aliphatic carbocycles. The van der Waals surface area contributed by atoms with E-state index in [4.69, 9.17) is 4.42 Å². The lowest BCUT2D eigenvalue weighted by atomic mass is 10.1. The van der Waals surface area contributed by atoms with Gasteiger partial charge in [-0.3, -0.25) is 4.79 Å². The molecule has 2 N–H and O–H groups in total. The Morgan fingerprint density at radius 1 is 1.17 bits per heavy atom. The van der Waals surface area contributed by atoms with Crippen molar-refractivity contribution in [2.24, 2.45) is 0 Å². The van der Waals surface area contributed by atoms with Crippen LogP contribution in [0.5, 0.6) is 11.5 Å². The highest BCUT2D eigenvalue weighted by Crippen LogP contribution is 2.39.